The summed E-state index contributed by atoms with van der Waals surface area (Å²) in [5, 5.41) is 15.5. The van der Waals surface area contributed by atoms with E-state index in [1.54, 1.807) is 5.38 Å². The summed E-state index contributed by atoms with van der Waals surface area (Å²) in [6.45, 7) is 0.171. The molecule has 1 aliphatic carbocycles. The van der Waals surface area contributed by atoms with Gasteiger partial charge in [-0.25, -0.2) is 4.98 Å². The molecular weight excluding hydrogens is 208 g/mol. The fourth-order valence-corrected chi connectivity index (χ4v) is 2.42. The van der Waals surface area contributed by atoms with Gasteiger partial charge in [-0.15, -0.1) is 11.3 Å². The van der Waals surface area contributed by atoms with Gasteiger partial charge in [0.05, 0.1) is 12.1 Å². The Balaban J connectivity index is 2.04. The molecule has 0 aliphatic heterocycles. The molecule has 0 spiro atoms. The zero-order valence-electron chi connectivity index (χ0n) is 7.09. The molecule has 72 valence electrons. The zero-order chi connectivity index (χ0) is 9.31. The number of thiazole rings is 1. The Morgan fingerprint density at radius 2 is 2.46 bits per heavy atom. The smallest absolute Gasteiger partial charge is 0.184 e. The van der Waals surface area contributed by atoms with Crippen molar-refractivity contribution in [2.45, 2.75) is 24.8 Å². The van der Waals surface area contributed by atoms with Gasteiger partial charge in [0.1, 0.15) is 5.15 Å². The number of rotatable bonds is 3. The summed E-state index contributed by atoms with van der Waals surface area (Å²) < 4.78 is 0. The highest BCUT2D eigenvalue weighted by molar-refractivity contribution is 7.14. The number of aliphatic hydroxyl groups is 1. The average molecular weight is 219 g/mol. The highest BCUT2D eigenvalue weighted by Gasteiger charge is 2.36. The van der Waals surface area contributed by atoms with Gasteiger partial charge in [0.25, 0.3) is 0 Å². The van der Waals surface area contributed by atoms with E-state index < -0.39 is 0 Å². The van der Waals surface area contributed by atoms with E-state index in [1.807, 2.05) is 0 Å². The van der Waals surface area contributed by atoms with E-state index in [0.29, 0.717) is 5.15 Å². The molecule has 13 heavy (non-hydrogen) atoms. The van der Waals surface area contributed by atoms with Crippen LogP contribution in [0.3, 0.4) is 0 Å². The van der Waals surface area contributed by atoms with Crippen LogP contribution in [0.25, 0.3) is 0 Å². The molecule has 5 heteroatoms. The van der Waals surface area contributed by atoms with Gasteiger partial charge < -0.3 is 10.4 Å². The van der Waals surface area contributed by atoms with Crippen LogP contribution < -0.4 is 5.32 Å². The second-order valence-electron chi connectivity index (χ2n) is 3.39. The predicted octanol–water partition coefficient (Wildman–Crippen LogP) is 2.12. The minimum absolute atomic E-state index is 0.124. The lowest BCUT2D eigenvalue weighted by Crippen LogP contribution is -2.48. The van der Waals surface area contributed by atoms with Crippen molar-refractivity contribution in [3.05, 3.63) is 10.5 Å². The zero-order valence-corrected chi connectivity index (χ0v) is 8.66. The van der Waals surface area contributed by atoms with Gasteiger partial charge in [0.15, 0.2) is 5.13 Å². The Hall–Kier alpha value is -0.320. The van der Waals surface area contributed by atoms with E-state index in [4.69, 9.17) is 11.6 Å². The molecule has 1 aromatic heterocycles. The van der Waals surface area contributed by atoms with E-state index in [9.17, 15) is 5.11 Å². The summed E-state index contributed by atoms with van der Waals surface area (Å²) in [6, 6.07) is 0. The van der Waals surface area contributed by atoms with Crippen molar-refractivity contribution in [2.75, 3.05) is 11.9 Å². The van der Waals surface area contributed by atoms with Crippen molar-refractivity contribution in [1.29, 1.82) is 0 Å². The topological polar surface area (TPSA) is 45.1 Å². The third-order valence-electron chi connectivity index (χ3n) is 2.46. The predicted molar refractivity (Wildman–Crippen MR) is 54.4 cm³/mol. The first kappa shape index (κ1) is 9.24. The monoisotopic (exact) mass is 218 g/mol. The fourth-order valence-electron chi connectivity index (χ4n) is 1.46. The van der Waals surface area contributed by atoms with Crippen LogP contribution in [0.15, 0.2) is 5.38 Å². The molecule has 0 bridgehead atoms. The van der Waals surface area contributed by atoms with Crippen molar-refractivity contribution in [2.24, 2.45) is 0 Å². The first-order valence-electron chi connectivity index (χ1n) is 4.24. The van der Waals surface area contributed by atoms with Crippen LogP contribution in [-0.2, 0) is 0 Å². The largest absolute Gasteiger partial charge is 0.394 e. The average Bonchev–Trinajstić information content (AvgIpc) is 2.44. The number of nitrogens with one attached hydrogen (secondary N) is 1. The van der Waals surface area contributed by atoms with Crippen molar-refractivity contribution >= 4 is 28.1 Å². The number of aromatic nitrogens is 1. The number of hydrogen-bond donors (Lipinski definition) is 2. The maximum absolute atomic E-state index is 9.19. The molecule has 0 saturated heterocycles. The van der Waals surface area contributed by atoms with Crippen LogP contribution in [0.5, 0.6) is 0 Å². The maximum Gasteiger partial charge on any atom is 0.184 e. The molecule has 3 nitrogen and oxygen atoms in total. The first-order chi connectivity index (χ1) is 6.24. The van der Waals surface area contributed by atoms with Crippen LogP contribution in [-0.4, -0.2) is 22.2 Å². The molecule has 0 atom stereocenters. The molecule has 1 saturated carbocycles. The van der Waals surface area contributed by atoms with Gasteiger partial charge in [-0.3, -0.25) is 0 Å². The number of anilines is 1. The maximum atomic E-state index is 9.19. The molecule has 1 aromatic rings. The van der Waals surface area contributed by atoms with Gasteiger partial charge in [0, 0.05) is 5.38 Å². The minimum Gasteiger partial charge on any atom is -0.394 e. The van der Waals surface area contributed by atoms with E-state index in [-0.39, 0.29) is 12.1 Å². The molecule has 0 amide bonds. The summed E-state index contributed by atoms with van der Waals surface area (Å²) in [4.78, 5) is 4.09. The second-order valence-corrected chi connectivity index (χ2v) is 4.64. The minimum atomic E-state index is -0.124. The molecule has 1 heterocycles. The highest BCUT2D eigenvalue weighted by atomic mass is 35.5. The van der Waals surface area contributed by atoms with Gasteiger partial charge >= 0.3 is 0 Å². The highest BCUT2D eigenvalue weighted by Crippen LogP contribution is 2.35. The Labute approximate surface area is 85.8 Å². The Bertz CT molecular complexity index is 293. The molecular formula is C8H11ClN2OS. The van der Waals surface area contributed by atoms with Crippen molar-refractivity contribution in [3.8, 4) is 0 Å². The summed E-state index contributed by atoms with van der Waals surface area (Å²) in [5.74, 6) is 0. The standard InChI is InChI=1S/C8H11ClN2OS/c9-6-4-13-7(10-6)11-8(5-12)2-1-3-8/h4,12H,1-3,5H2,(H,10,11). The summed E-state index contributed by atoms with van der Waals surface area (Å²) in [5.41, 5.74) is -0.124. The van der Waals surface area contributed by atoms with Crippen molar-refractivity contribution in [1.82, 2.24) is 4.98 Å². The van der Waals surface area contributed by atoms with Crippen LogP contribution in [0.4, 0.5) is 5.13 Å². The lowest BCUT2D eigenvalue weighted by molar-refractivity contribution is 0.144. The molecule has 2 N–H and O–H groups in total. The number of hydrogen-bond acceptors (Lipinski definition) is 4. The molecule has 1 aliphatic rings. The van der Waals surface area contributed by atoms with E-state index in [0.717, 1.165) is 18.0 Å². The Kier molecular flexibility index (Phi) is 2.45. The molecule has 0 aromatic carbocycles. The normalized spacial score (nSPS) is 19.5. The summed E-state index contributed by atoms with van der Waals surface area (Å²) in [6.07, 6.45) is 3.20. The van der Waals surface area contributed by atoms with Crippen LogP contribution >= 0.6 is 22.9 Å². The van der Waals surface area contributed by atoms with E-state index in [2.05, 4.69) is 10.3 Å². The van der Waals surface area contributed by atoms with E-state index in [1.165, 1.54) is 17.8 Å². The van der Waals surface area contributed by atoms with Crippen LogP contribution in [0.1, 0.15) is 19.3 Å². The lowest BCUT2D eigenvalue weighted by Gasteiger charge is -2.40. The van der Waals surface area contributed by atoms with Crippen molar-refractivity contribution < 1.29 is 5.11 Å². The number of aliphatic hydroxyl groups excluding tert-OH is 1. The molecule has 0 radical (unpaired) electrons. The van der Waals surface area contributed by atoms with Gasteiger partial charge in [-0.05, 0) is 19.3 Å². The number of halogens is 1. The first-order valence-corrected chi connectivity index (χ1v) is 5.50. The van der Waals surface area contributed by atoms with Crippen LogP contribution in [0, 0.1) is 0 Å². The van der Waals surface area contributed by atoms with E-state index >= 15 is 0 Å². The van der Waals surface area contributed by atoms with Gasteiger partial charge in [-0.2, -0.15) is 0 Å². The van der Waals surface area contributed by atoms with Gasteiger partial charge in [-0.1, -0.05) is 11.6 Å². The Morgan fingerprint density at radius 1 is 1.69 bits per heavy atom. The summed E-state index contributed by atoms with van der Waals surface area (Å²) >= 11 is 7.17. The Morgan fingerprint density at radius 3 is 2.85 bits per heavy atom. The third kappa shape index (κ3) is 1.80. The third-order valence-corrected chi connectivity index (χ3v) is 3.54. The van der Waals surface area contributed by atoms with Crippen LogP contribution in [0.2, 0.25) is 5.15 Å². The molecule has 0 unspecified atom stereocenters. The fraction of sp³-hybridized carbons (Fsp3) is 0.625. The second kappa shape index (κ2) is 3.44. The SMILES string of the molecule is OCC1(Nc2nc(Cl)cs2)CCC1. The quantitative estimate of drug-likeness (QED) is 0.817. The van der Waals surface area contributed by atoms with Crippen molar-refractivity contribution in [3.63, 3.8) is 0 Å². The molecule has 2 rings (SSSR count). The number of nitrogens with zero attached hydrogens (tertiary/aromatic N) is 1. The lowest BCUT2D eigenvalue weighted by atomic mass is 9.77. The van der Waals surface area contributed by atoms with Gasteiger partial charge in [0.2, 0.25) is 0 Å². The summed E-state index contributed by atoms with van der Waals surface area (Å²) in [7, 11) is 0. The molecule has 1 fully saturated rings.